The fraction of sp³-hybridized carbons (Fsp3) is 0.300. The largest absolute Gasteiger partial charge is 0.382 e. The molecule has 0 radical (unpaired) electrons. The molecule has 0 aliphatic heterocycles. The topological polar surface area (TPSA) is 118 Å². The van der Waals surface area contributed by atoms with Crippen LogP contribution >= 0.6 is 0 Å². The third kappa shape index (κ3) is 3.47. The van der Waals surface area contributed by atoms with Crippen molar-refractivity contribution in [1.29, 1.82) is 0 Å². The number of nitrogens with zero attached hydrogens (tertiary/aromatic N) is 1. The average Bonchev–Trinajstić information content (AvgIpc) is 2.30. The van der Waals surface area contributed by atoms with Gasteiger partial charge in [0.25, 0.3) is 0 Å². The van der Waals surface area contributed by atoms with Gasteiger partial charge in [0.2, 0.25) is 11.7 Å². The molecule has 0 spiro atoms. The lowest BCUT2D eigenvalue weighted by Crippen LogP contribution is -2.37. The number of benzene rings is 1. The van der Waals surface area contributed by atoms with E-state index in [1.165, 1.54) is 12.1 Å². The molecule has 1 aromatic rings. The summed E-state index contributed by atoms with van der Waals surface area (Å²) in [6.07, 6.45) is -1.38. The predicted octanol–water partition coefficient (Wildman–Crippen LogP) is -0.330. The maximum Gasteiger partial charge on any atom is 0.305 e. The van der Waals surface area contributed by atoms with Crippen LogP contribution < -0.4 is 11.1 Å². The lowest BCUT2D eigenvalue weighted by atomic mass is 10.2. The Morgan fingerprint density at radius 2 is 2.28 bits per heavy atom. The summed E-state index contributed by atoms with van der Waals surface area (Å²) in [5.74, 6) is -1.84. The highest BCUT2D eigenvalue weighted by Crippen LogP contribution is 2.19. The van der Waals surface area contributed by atoms with Crippen LogP contribution in [-0.4, -0.2) is 28.6 Å². The quantitative estimate of drug-likeness (QED) is 0.476. The summed E-state index contributed by atoms with van der Waals surface area (Å²) in [5, 5.41) is 22.1. The molecule has 0 aliphatic carbocycles. The summed E-state index contributed by atoms with van der Waals surface area (Å²) in [4.78, 5) is 20.2. The highest BCUT2D eigenvalue weighted by atomic mass is 19.1. The van der Waals surface area contributed by atoms with Gasteiger partial charge in [0.05, 0.1) is 4.92 Å². The molecule has 0 saturated heterocycles. The second-order valence-electron chi connectivity index (χ2n) is 3.56. The van der Waals surface area contributed by atoms with E-state index in [-0.39, 0.29) is 18.7 Å². The summed E-state index contributed by atoms with van der Waals surface area (Å²) in [5.41, 5.74) is 4.27. The van der Waals surface area contributed by atoms with Gasteiger partial charge in [-0.25, -0.2) is 0 Å². The third-order valence-corrected chi connectivity index (χ3v) is 2.24. The van der Waals surface area contributed by atoms with Crippen LogP contribution in [0.15, 0.2) is 18.2 Å². The van der Waals surface area contributed by atoms with Crippen LogP contribution in [0.2, 0.25) is 0 Å². The van der Waals surface area contributed by atoms with E-state index >= 15 is 0 Å². The summed E-state index contributed by atoms with van der Waals surface area (Å²) in [7, 11) is 0. The van der Waals surface area contributed by atoms with Crippen LogP contribution in [0.4, 0.5) is 10.1 Å². The van der Waals surface area contributed by atoms with E-state index in [2.05, 4.69) is 5.32 Å². The summed E-state index contributed by atoms with van der Waals surface area (Å²) < 4.78 is 13.6. The summed E-state index contributed by atoms with van der Waals surface area (Å²) in [6.45, 7) is -0.213. The molecule has 1 aromatic carbocycles. The normalized spacial score (nSPS) is 12.1. The molecular formula is C10H12FN3O4. The number of nitrogens with two attached hydrogens (primary N) is 1. The molecule has 7 nitrogen and oxygen atoms in total. The van der Waals surface area contributed by atoms with Crippen molar-refractivity contribution in [3.63, 3.8) is 0 Å². The van der Waals surface area contributed by atoms with Crippen LogP contribution in [0, 0.1) is 15.9 Å². The fourth-order valence-corrected chi connectivity index (χ4v) is 1.29. The van der Waals surface area contributed by atoms with Crippen molar-refractivity contribution >= 4 is 11.6 Å². The highest BCUT2D eigenvalue weighted by Gasteiger charge is 2.17. The Balaban J connectivity index is 2.66. The minimum absolute atomic E-state index is 0.0577. The predicted molar refractivity (Wildman–Crippen MR) is 60.0 cm³/mol. The van der Waals surface area contributed by atoms with E-state index in [9.17, 15) is 19.3 Å². The van der Waals surface area contributed by atoms with Crippen molar-refractivity contribution in [3.8, 4) is 0 Å². The highest BCUT2D eigenvalue weighted by molar-refractivity contribution is 5.78. The number of aliphatic hydroxyl groups is 1. The zero-order valence-corrected chi connectivity index (χ0v) is 9.30. The Morgan fingerprint density at radius 3 is 2.83 bits per heavy atom. The number of nitrogens with one attached hydrogen (secondary N) is 1. The smallest absolute Gasteiger partial charge is 0.305 e. The number of carbonyl (C=O) groups excluding carboxylic acids is 1. The molecule has 0 fully saturated rings. The van der Waals surface area contributed by atoms with Gasteiger partial charge in [0, 0.05) is 24.7 Å². The van der Waals surface area contributed by atoms with Crippen molar-refractivity contribution in [3.05, 3.63) is 39.7 Å². The van der Waals surface area contributed by atoms with Gasteiger partial charge in [-0.3, -0.25) is 14.9 Å². The van der Waals surface area contributed by atoms with E-state index in [1.807, 2.05) is 0 Å². The van der Waals surface area contributed by atoms with Crippen LogP contribution in [0.3, 0.4) is 0 Å². The Bertz CT molecular complexity index is 466. The summed E-state index contributed by atoms with van der Waals surface area (Å²) in [6, 6.07) is 3.77. The van der Waals surface area contributed by atoms with Crippen LogP contribution in [0.25, 0.3) is 0 Å². The van der Waals surface area contributed by atoms with Crippen molar-refractivity contribution in [2.45, 2.75) is 12.6 Å². The first-order chi connectivity index (χ1) is 8.43. The number of primary amides is 1. The Kier molecular flexibility index (Phi) is 4.69. The summed E-state index contributed by atoms with van der Waals surface area (Å²) >= 11 is 0. The van der Waals surface area contributed by atoms with E-state index < -0.39 is 28.4 Å². The third-order valence-electron chi connectivity index (χ3n) is 2.24. The molecule has 8 heteroatoms. The van der Waals surface area contributed by atoms with Crippen LogP contribution in [0.5, 0.6) is 0 Å². The minimum Gasteiger partial charge on any atom is -0.382 e. The van der Waals surface area contributed by atoms with Gasteiger partial charge >= 0.3 is 5.69 Å². The second kappa shape index (κ2) is 6.03. The van der Waals surface area contributed by atoms with Gasteiger partial charge < -0.3 is 16.2 Å². The van der Waals surface area contributed by atoms with Crippen molar-refractivity contribution in [1.82, 2.24) is 5.32 Å². The monoisotopic (exact) mass is 257 g/mol. The minimum atomic E-state index is -1.38. The van der Waals surface area contributed by atoms with Gasteiger partial charge in [0.1, 0.15) is 6.10 Å². The van der Waals surface area contributed by atoms with E-state index in [0.29, 0.717) is 0 Å². The molecule has 4 N–H and O–H groups in total. The SMILES string of the molecule is NC(=O)C(O)CNCc1cccc([N+](=O)[O-])c1F. The molecular weight excluding hydrogens is 245 g/mol. The molecule has 98 valence electrons. The Hall–Kier alpha value is -2.06. The number of amides is 1. The Labute approximate surface area is 102 Å². The average molecular weight is 257 g/mol. The lowest BCUT2D eigenvalue weighted by molar-refractivity contribution is -0.387. The molecule has 0 saturated carbocycles. The van der Waals surface area contributed by atoms with E-state index in [1.54, 1.807) is 0 Å². The van der Waals surface area contributed by atoms with E-state index in [0.717, 1.165) is 6.07 Å². The zero-order chi connectivity index (χ0) is 13.7. The van der Waals surface area contributed by atoms with Crippen molar-refractivity contribution < 1.29 is 19.2 Å². The number of halogens is 1. The number of nitro groups is 1. The fourth-order valence-electron chi connectivity index (χ4n) is 1.29. The molecule has 1 atom stereocenters. The van der Waals surface area contributed by atoms with Crippen molar-refractivity contribution in [2.24, 2.45) is 5.73 Å². The molecule has 0 aromatic heterocycles. The number of rotatable bonds is 6. The lowest BCUT2D eigenvalue weighted by Gasteiger charge is -2.08. The molecule has 18 heavy (non-hydrogen) atoms. The van der Waals surface area contributed by atoms with Crippen molar-refractivity contribution in [2.75, 3.05) is 6.54 Å². The number of carbonyl (C=O) groups is 1. The standard InChI is InChI=1S/C10H12FN3O4/c11-9-6(2-1-3-7(9)14(17)18)4-13-5-8(15)10(12)16/h1-3,8,13,15H,4-5H2,(H2,12,16). The molecule has 1 amide bonds. The van der Waals surface area contributed by atoms with Gasteiger partial charge in [-0.2, -0.15) is 4.39 Å². The van der Waals surface area contributed by atoms with Gasteiger partial charge in [-0.1, -0.05) is 12.1 Å². The first-order valence-electron chi connectivity index (χ1n) is 5.03. The molecule has 0 aliphatic rings. The maximum absolute atomic E-state index is 13.6. The molecule has 0 heterocycles. The number of hydrogen-bond acceptors (Lipinski definition) is 5. The molecule has 1 rings (SSSR count). The molecule has 1 unspecified atom stereocenters. The Morgan fingerprint density at radius 1 is 1.61 bits per heavy atom. The number of nitro benzene ring substituents is 1. The van der Waals surface area contributed by atoms with E-state index in [4.69, 9.17) is 10.8 Å². The van der Waals surface area contributed by atoms with Gasteiger partial charge in [-0.05, 0) is 0 Å². The first kappa shape index (κ1) is 14.0. The van der Waals surface area contributed by atoms with Gasteiger partial charge in [-0.15, -0.1) is 0 Å². The first-order valence-corrected chi connectivity index (χ1v) is 5.03. The number of hydrogen-bond donors (Lipinski definition) is 3. The van der Waals surface area contributed by atoms with Crippen LogP contribution in [0.1, 0.15) is 5.56 Å². The van der Waals surface area contributed by atoms with Gasteiger partial charge in [0.15, 0.2) is 0 Å². The maximum atomic E-state index is 13.6. The van der Waals surface area contributed by atoms with Crippen LogP contribution in [-0.2, 0) is 11.3 Å². The second-order valence-corrected chi connectivity index (χ2v) is 3.56. The molecule has 0 bridgehead atoms. The number of aliphatic hydroxyl groups excluding tert-OH is 1. The zero-order valence-electron chi connectivity index (χ0n) is 9.30.